The molecule has 0 bridgehead atoms. The second-order valence-corrected chi connectivity index (χ2v) is 9.82. The Morgan fingerprint density at radius 3 is 2.56 bits per heavy atom. The number of amides is 1. The van der Waals surface area contributed by atoms with Crippen molar-refractivity contribution < 1.29 is 14.3 Å². The Morgan fingerprint density at radius 1 is 1.03 bits per heavy atom. The number of aromatic nitrogens is 2. The molecule has 2 aromatic carbocycles. The highest BCUT2D eigenvalue weighted by atomic mass is 32.1. The molecule has 2 N–H and O–H groups in total. The highest BCUT2D eigenvalue weighted by Gasteiger charge is 2.42. The van der Waals surface area contributed by atoms with Gasteiger partial charge in [-0.05, 0) is 91.8 Å². The first-order valence-corrected chi connectivity index (χ1v) is 13.0. The molecule has 3 heterocycles. The molecule has 2 atom stereocenters. The van der Waals surface area contributed by atoms with Crippen molar-refractivity contribution in [3.8, 4) is 11.4 Å². The fourth-order valence-corrected chi connectivity index (χ4v) is 5.29. The number of hydrogen-bond acceptors (Lipinski definition) is 5. The molecule has 2 aromatic heterocycles. The van der Waals surface area contributed by atoms with Crippen LogP contribution >= 0.6 is 12.2 Å². The van der Waals surface area contributed by atoms with Gasteiger partial charge in [-0.15, -0.1) is 0 Å². The van der Waals surface area contributed by atoms with E-state index in [1.54, 1.807) is 13.3 Å². The van der Waals surface area contributed by atoms with Crippen LogP contribution in [0.2, 0.25) is 0 Å². The van der Waals surface area contributed by atoms with E-state index in [0.29, 0.717) is 16.5 Å². The van der Waals surface area contributed by atoms with Gasteiger partial charge in [0.25, 0.3) is 0 Å². The van der Waals surface area contributed by atoms with Crippen LogP contribution in [0.4, 0.5) is 11.4 Å². The molecule has 200 valence electrons. The lowest BCUT2D eigenvalue weighted by Gasteiger charge is -2.29. The predicted molar refractivity (Wildman–Crippen MR) is 157 cm³/mol. The van der Waals surface area contributed by atoms with E-state index in [0.717, 1.165) is 22.8 Å². The van der Waals surface area contributed by atoms with Gasteiger partial charge in [-0.3, -0.25) is 9.78 Å². The normalized spacial score (nSPS) is 16.7. The summed E-state index contributed by atoms with van der Waals surface area (Å²) in [5.41, 5.74) is 6.78. The minimum absolute atomic E-state index is 0.0646. The summed E-state index contributed by atoms with van der Waals surface area (Å²) in [6.45, 7) is 4.17. The smallest absolute Gasteiger partial charge is 0.250 e. The molecule has 0 spiro atoms. The second-order valence-electron chi connectivity index (χ2n) is 9.43. The third-order valence-electron chi connectivity index (χ3n) is 6.96. The topological polar surface area (TPSA) is 80.7 Å². The molecule has 4 aromatic rings. The molecule has 0 radical (unpaired) electrons. The number of aryl methyl sites for hydroxylation is 2. The summed E-state index contributed by atoms with van der Waals surface area (Å²) in [7, 11) is 3.05. The lowest BCUT2D eigenvalue weighted by Crippen LogP contribution is -2.30. The molecule has 5 rings (SSSR count). The Hall–Kier alpha value is -4.21. The van der Waals surface area contributed by atoms with Crippen molar-refractivity contribution in [3.63, 3.8) is 0 Å². The van der Waals surface area contributed by atoms with Crippen LogP contribution in [0.5, 0.6) is 5.75 Å². The van der Waals surface area contributed by atoms with E-state index in [9.17, 15) is 4.79 Å². The molecular weight excluding hydrogens is 510 g/mol. The van der Waals surface area contributed by atoms with Crippen molar-refractivity contribution in [2.75, 3.05) is 31.0 Å². The van der Waals surface area contributed by atoms with Gasteiger partial charge in [-0.1, -0.05) is 12.1 Å². The zero-order valence-corrected chi connectivity index (χ0v) is 23.2. The standard InChI is InChI=1S/C30H31N5O3S/c1-19-10-11-21(16-20(19)2)34-15-7-9-25(34)29-28(23-8-5-6-14-31-23)33-30(39)35(29)22-12-13-26(38-4)24(17-22)32-27(36)18-37-3/h5-17,28-29H,18H2,1-4H3,(H,32,36)(H,33,39). The van der Waals surface area contributed by atoms with Crippen molar-refractivity contribution in [2.45, 2.75) is 25.9 Å². The van der Waals surface area contributed by atoms with Gasteiger partial charge in [0, 0.05) is 36.6 Å². The van der Waals surface area contributed by atoms with E-state index in [2.05, 4.69) is 69.4 Å². The molecule has 1 aliphatic heterocycles. The SMILES string of the molecule is COCC(=O)Nc1cc(N2C(=S)NC(c3ccccn3)C2c2cccn2-c2ccc(C)c(C)c2)ccc1OC. The fraction of sp³-hybridized carbons (Fsp3) is 0.233. The van der Waals surface area contributed by atoms with Crippen LogP contribution < -0.4 is 20.3 Å². The first-order valence-electron chi connectivity index (χ1n) is 12.6. The zero-order chi connectivity index (χ0) is 27.5. The maximum Gasteiger partial charge on any atom is 0.250 e. The maximum atomic E-state index is 12.4. The molecule has 1 amide bonds. The number of nitrogens with one attached hydrogen (secondary N) is 2. The number of thiocarbonyl (C=S) groups is 1. The summed E-state index contributed by atoms with van der Waals surface area (Å²) in [5, 5.41) is 6.95. The summed E-state index contributed by atoms with van der Waals surface area (Å²) in [6, 6.07) is 21.7. The minimum Gasteiger partial charge on any atom is -0.495 e. The van der Waals surface area contributed by atoms with Crippen LogP contribution in [0.25, 0.3) is 5.69 Å². The molecule has 39 heavy (non-hydrogen) atoms. The highest BCUT2D eigenvalue weighted by Crippen LogP contribution is 2.43. The minimum atomic E-state index is -0.276. The van der Waals surface area contributed by atoms with Crippen LogP contribution in [-0.2, 0) is 9.53 Å². The number of nitrogens with zero attached hydrogens (tertiary/aromatic N) is 3. The monoisotopic (exact) mass is 541 g/mol. The highest BCUT2D eigenvalue weighted by molar-refractivity contribution is 7.80. The molecule has 1 fully saturated rings. The van der Waals surface area contributed by atoms with Crippen molar-refractivity contribution in [1.29, 1.82) is 0 Å². The van der Waals surface area contributed by atoms with Crippen molar-refractivity contribution in [3.05, 3.63) is 102 Å². The van der Waals surface area contributed by atoms with Gasteiger partial charge < -0.3 is 29.6 Å². The van der Waals surface area contributed by atoms with Crippen LogP contribution in [0.15, 0.2) is 79.1 Å². The maximum absolute atomic E-state index is 12.4. The van der Waals surface area contributed by atoms with Crippen LogP contribution in [0.1, 0.15) is 34.6 Å². The average Bonchev–Trinajstić information content (AvgIpc) is 3.55. The van der Waals surface area contributed by atoms with Gasteiger partial charge in [0.15, 0.2) is 5.11 Å². The molecule has 0 aliphatic carbocycles. The Bertz CT molecular complexity index is 1500. The molecular formula is C30H31N5O3S. The van der Waals surface area contributed by atoms with E-state index in [4.69, 9.17) is 21.7 Å². The molecule has 1 aliphatic rings. The predicted octanol–water partition coefficient (Wildman–Crippen LogP) is 5.26. The molecule has 9 heteroatoms. The summed E-state index contributed by atoms with van der Waals surface area (Å²) in [4.78, 5) is 19.1. The summed E-state index contributed by atoms with van der Waals surface area (Å²) in [5.74, 6) is 0.263. The number of carbonyl (C=O) groups is 1. The lowest BCUT2D eigenvalue weighted by atomic mass is 10.0. The van der Waals surface area contributed by atoms with Crippen LogP contribution in [-0.4, -0.2) is 41.4 Å². The Labute approximate surface area is 233 Å². The number of rotatable bonds is 8. The Balaban J connectivity index is 1.63. The van der Waals surface area contributed by atoms with Crippen LogP contribution in [0, 0.1) is 13.8 Å². The number of pyridine rings is 1. The largest absolute Gasteiger partial charge is 0.495 e. The van der Waals surface area contributed by atoms with Crippen molar-refractivity contribution >= 4 is 34.6 Å². The summed E-state index contributed by atoms with van der Waals surface area (Å²) >= 11 is 5.92. The molecule has 2 unspecified atom stereocenters. The molecule has 8 nitrogen and oxygen atoms in total. The Morgan fingerprint density at radius 2 is 1.85 bits per heavy atom. The van der Waals surface area contributed by atoms with E-state index >= 15 is 0 Å². The van der Waals surface area contributed by atoms with Crippen molar-refractivity contribution in [1.82, 2.24) is 14.9 Å². The van der Waals surface area contributed by atoms with E-state index in [-0.39, 0.29) is 24.6 Å². The number of benzene rings is 2. The summed E-state index contributed by atoms with van der Waals surface area (Å²) < 4.78 is 12.7. The van der Waals surface area contributed by atoms with Gasteiger partial charge in [0.1, 0.15) is 18.4 Å². The third-order valence-corrected chi connectivity index (χ3v) is 7.28. The fourth-order valence-electron chi connectivity index (χ4n) is 4.94. The van der Waals surface area contributed by atoms with E-state index in [1.165, 1.54) is 18.2 Å². The first-order chi connectivity index (χ1) is 18.9. The number of methoxy groups -OCH3 is 2. The zero-order valence-electron chi connectivity index (χ0n) is 22.3. The van der Waals surface area contributed by atoms with Crippen molar-refractivity contribution in [2.24, 2.45) is 0 Å². The average molecular weight is 542 g/mol. The van der Waals surface area contributed by atoms with Gasteiger partial charge in [-0.2, -0.15) is 0 Å². The first kappa shape index (κ1) is 26.4. The number of ether oxygens (including phenoxy) is 2. The second kappa shape index (κ2) is 11.3. The Kier molecular flexibility index (Phi) is 7.63. The number of anilines is 2. The van der Waals surface area contributed by atoms with Gasteiger partial charge in [-0.25, -0.2) is 0 Å². The van der Waals surface area contributed by atoms with Gasteiger partial charge >= 0.3 is 0 Å². The van der Waals surface area contributed by atoms with E-state index in [1.807, 2.05) is 42.5 Å². The van der Waals surface area contributed by atoms with Gasteiger partial charge in [0.05, 0.1) is 24.5 Å². The number of carbonyl (C=O) groups excluding carboxylic acids is 1. The number of hydrogen-bond donors (Lipinski definition) is 2. The van der Waals surface area contributed by atoms with Gasteiger partial charge in [0.2, 0.25) is 5.91 Å². The molecule has 1 saturated heterocycles. The lowest BCUT2D eigenvalue weighted by molar-refractivity contribution is -0.119. The summed E-state index contributed by atoms with van der Waals surface area (Å²) in [6.07, 6.45) is 3.86. The van der Waals surface area contributed by atoms with E-state index < -0.39 is 0 Å². The van der Waals surface area contributed by atoms with Crippen LogP contribution in [0.3, 0.4) is 0 Å². The quantitative estimate of drug-likeness (QED) is 0.295. The third kappa shape index (κ3) is 5.23. The molecule has 0 saturated carbocycles.